The summed E-state index contributed by atoms with van der Waals surface area (Å²) in [5, 5.41) is 9.31. The minimum absolute atomic E-state index is 0.229. The van der Waals surface area contributed by atoms with E-state index in [1.165, 1.54) is 25.7 Å². The number of aromatic nitrogens is 4. The maximum Gasteiger partial charge on any atom is 0.327 e. The van der Waals surface area contributed by atoms with Gasteiger partial charge in [0.1, 0.15) is 5.82 Å². The molecule has 0 radical (unpaired) electrons. The highest BCUT2D eigenvalue weighted by molar-refractivity contribution is 5.70. The summed E-state index contributed by atoms with van der Waals surface area (Å²) < 4.78 is 1.94. The molecule has 30 heavy (non-hydrogen) atoms. The van der Waals surface area contributed by atoms with Crippen molar-refractivity contribution in [1.29, 1.82) is 0 Å². The number of nitrogens with one attached hydrogen (secondary N) is 2. The Bertz CT molecular complexity index is 1080. The first-order valence-corrected chi connectivity index (χ1v) is 11.0. The molecule has 1 aliphatic carbocycles. The minimum Gasteiger partial charge on any atom is -0.396 e. The minimum atomic E-state index is -0.532. The molecule has 1 saturated carbocycles. The normalized spacial score (nSPS) is 15.8. The zero-order chi connectivity index (χ0) is 20.9. The SMILES string of the molecule is O=c1[nH]c(=O)c2c(nc(CCC(CCCO)C3CCCC3)n2Cc2ccccc2)[nH]1. The standard InChI is InChI=1S/C23H30N4O3/c28-14-6-11-18(17-9-4-5-10-17)12-13-19-24-21-20(22(29)26-23(30)25-21)27(19)15-16-7-2-1-3-8-16/h1-3,7-8,17-18,28H,4-6,9-15H2,(H2,25,26,29,30). The van der Waals surface area contributed by atoms with Crippen molar-refractivity contribution in [3.05, 3.63) is 62.6 Å². The number of nitrogens with zero attached hydrogens (tertiary/aromatic N) is 2. The molecular formula is C23H30N4O3. The van der Waals surface area contributed by atoms with Crippen molar-refractivity contribution in [3.8, 4) is 0 Å². The van der Waals surface area contributed by atoms with Gasteiger partial charge in [0.25, 0.3) is 5.56 Å². The Morgan fingerprint density at radius 2 is 1.87 bits per heavy atom. The summed E-state index contributed by atoms with van der Waals surface area (Å²) in [4.78, 5) is 34.0. The second kappa shape index (κ2) is 9.43. The van der Waals surface area contributed by atoms with Crippen molar-refractivity contribution in [2.75, 3.05) is 6.61 Å². The summed E-state index contributed by atoms with van der Waals surface area (Å²) in [5.41, 5.74) is 0.909. The Hall–Kier alpha value is -2.67. The van der Waals surface area contributed by atoms with Crippen molar-refractivity contribution in [3.63, 3.8) is 0 Å². The van der Waals surface area contributed by atoms with Crippen LogP contribution in [0.5, 0.6) is 0 Å². The number of hydrogen-bond donors (Lipinski definition) is 3. The van der Waals surface area contributed by atoms with Crippen molar-refractivity contribution in [2.24, 2.45) is 11.8 Å². The van der Waals surface area contributed by atoms with Gasteiger partial charge >= 0.3 is 5.69 Å². The molecule has 2 heterocycles. The highest BCUT2D eigenvalue weighted by Gasteiger charge is 2.25. The number of H-pyrrole nitrogens is 2. The van der Waals surface area contributed by atoms with E-state index in [0.717, 1.165) is 37.1 Å². The molecule has 160 valence electrons. The van der Waals surface area contributed by atoms with Gasteiger partial charge < -0.3 is 9.67 Å². The fraction of sp³-hybridized carbons (Fsp3) is 0.522. The number of hydrogen-bond acceptors (Lipinski definition) is 4. The molecule has 0 spiro atoms. The van der Waals surface area contributed by atoms with Crippen LogP contribution in [0.4, 0.5) is 0 Å². The molecular weight excluding hydrogens is 380 g/mol. The van der Waals surface area contributed by atoms with E-state index < -0.39 is 11.2 Å². The van der Waals surface area contributed by atoms with Gasteiger partial charge in [-0.2, -0.15) is 0 Å². The molecule has 0 saturated heterocycles. The number of aromatic amines is 2. The largest absolute Gasteiger partial charge is 0.396 e. The average Bonchev–Trinajstić information content (AvgIpc) is 3.38. The third kappa shape index (κ3) is 4.56. The summed E-state index contributed by atoms with van der Waals surface area (Å²) in [6.45, 7) is 0.763. The first kappa shape index (κ1) is 20.6. The first-order chi connectivity index (χ1) is 14.7. The van der Waals surface area contributed by atoms with E-state index in [1.54, 1.807) is 0 Å². The van der Waals surface area contributed by atoms with Crippen LogP contribution in [0.25, 0.3) is 11.2 Å². The van der Waals surface area contributed by atoms with Crippen LogP contribution in [0.2, 0.25) is 0 Å². The summed E-state index contributed by atoms with van der Waals surface area (Å²) in [7, 11) is 0. The average molecular weight is 411 g/mol. The smallest absolute Gasteiger partial charge is 0.327 e. The van der Waals surface area contributed by atoms with Gasteiger partial charge in [-0.25, -0.2) is 9.78 Å². The zero-order valence-electron chi connectivity index (χ0n) is 17.3. The Morgan fingerprint density at radius 1 is 1.10 bits per heavy atom. The molecule has 1 atom stereocenters. The number of imidazole rings is 1. The van der Waals surface area contributed by atoms with Crippen molar-refractivity contribution in [2.45, 2.75) is 57.9 Å². The molecule has 7 nitrogen and oxygen atoms in total. The monoisotopic (exact) mass is 410 g/mol. The molecule has 0 aliphatic heterocycles. The van der Waals surface area contributed by atoms with Crippen LogP contribution in [-0.4, -0.2) is 31.2 Å². The number of aryl methyl sites for hydroxylation is 1. The summed E-state index contributed by atoms with van der Waals surface area (Å²) in [5.74, 6) is 2.10. The van der Waals surface area contributed by atoms with E-state index in [9.17, 15) is 14.7 Å². The fourth-order valence-electron chi connectivity index (χ4n) is 4.96. The summed E-state index contributed by atoms with van der Waals surface area (Å²) in [6, 6.07) is 9.97. The van der Waals surface area contributed by atoms with E-state index in [0.29, 0.717) is 29.5 Å². The van der Waals surface area contributed by atoms with Crippen LogP contribution >= 0.6 is 0 Å². The van der Waals surface area contributed by atoms with Crippen LogP contribution in [-0.2, 0) is 13.0 Å². The second-order valence-corrected chi connectivity index (χ2v) is 8.41. The molecule has 1 aliphatic rings. The van der Waals surface area contributed by atoms with Crippen LogP contribution < -0.4 is 11.2 Å². The van der Waals surface area contributed by atoms with Crippen molar-refractivity contribution < 1.29 is 5.11 Å². The maximum atomic E-state index is 12.5. The van der Waals surface area contributed by atoms with Gasteiger partial charge in [-0.05, 0) is 36.7 Å². The second-order valence-electron chi connectivity index (χ2n) is 8.41. The molecule has 1 aromatic carbocycles. The van der Waals surface area contributed by atoms with E-state index in [-0.39, 0.29) is 6.61 Å². The number of fused-ring (bicyclic) bond motifs is 1. The fourth-order valence-corrected chi connectivity index (χ4v) is 4.96. The lowest BCUT2D eigenvalue weighted by Gasteiger charge is -2.23. The lowest BCUT2D eigenvalue weighted by atomic mass is 9.83. The molecule has 3 N–H and O–H groups in total. The zero-order valence-corrected chi connectivity index (χ0v) is 17.3. The third-order valence-corrected chi connectivity index (χ3v) is 6.44. The molecule has 4 rings (SSSR count). The number of aliphatic hydroxyl groups excluding tert-OH is 1. The van der Waals surface area contributed by atoms with Crippen molar-refractivity contribution >= 4 is 11.2 Å². The van der Waals surface area contributed by atoms with Crippen LogP contribution in [0.1, 0.15) is 56.3 Å². The van der Waals surface area contributed by atoms with Gasteiger partial charge in [0.15, 0.2) is 11.2 Å². The predicted octanol–water partition coefficient (Wildman–Crippen LogP) is 2.97. The lowest BCUT2D eigenvalue weighted by Crippen LogP contribution is -2.23. The molecule has 0 amide bonds. The van der Waals surface area contributed by atoms with Crippen molar-refractivity contribution in [1.82, 2.24) is 19.5 Å². The predicted molar refractivity (Wildman–Crippen MR) is 117 cm³/mol. The highest BCUT2D eigenvalue weighted by Crippen LogP contribution is 2.36. The van der Waals surface area contributed by atoms with Crippen LogP contribution in [0, 0.1) is 11.8 Å². The number of rotatable bonds is 9. The Labute approximate surface area is 175 Å². The highest BCUT2D eigenvalue weighted by atomic mass is 16.3. The van der Waals surface area contributed by atoms with Gasteiger partial charge in [-0.1, -0.05) is 56.0 Å². The van der Waals surface area contributed by atoms with Gasteiger partial charge in [0, 0.05) is 19.6 Å². The molecule has 3 aromatic rings. The van der Waals surface area contributed by atoms with E-state index in [1.807, 2.05) is 34.9 Å². The molecule has 0 bridgehead atoms. The third-order valence-electron chi connectivity index (χ3n) is 6.44. The Morgan fingerprint density at radius 3 is 2.60 bits per heavy atom. The van der Waals surface area contributed by atoms with Gasteiger partial charge in [-0.3, -0.25) is 14.8 Å². The topological polar surface area (TPSA) is 104 Å². The van der Waals surface area contributed by atoms with Gasteiger partial charge in [0.2, 0.25) is 0 Å². The summed E-state index contributed by atoms with van der Waals surface area (Å²) >= 11 is 0. The van der Waals surface area contributed by atoms with Gasteiger partial charge in [-0.15, -0.1) is 0 Å². The first-order valence-electron chi connectivity index (χ1n) is 11.0. The molecule has 7 heteroatoms. The van der Waals surface area contributed by atoms with Crippen LogP contribution in [0.3, 0.4) is 0 Å². The Kier molecular flexibility index (Phi) is 6.47. The van der Waals surface area contributed by atoms with Crippen LogP contribution in [0.15, 0.2) is 39.9 Å². The van der Waals surface area contributed by atoms with E-state index in [2.05, 4.69) is 15.0 Å². The quantitative estimate of drug-likeness (QED) is 0.504. The number of benzene rings is 1. The van der Waals surface area contributed by atoms with E-state index in [4.69, 9.17) is 0 Å². The maximum absolute atomic E-state index is 12.5. The molecule has 2 aromatic heterocycles. The number of aliphatic hydroxyl groups is 1. The Balaban J connectivity index is 1.64. The van der Waals surface area contributed by atoms with Gasteiger partial charge in [0.05, 0.1) is 0 Å². The lowest BCUT2D eigenvalue weighted by molar-refractivity contribution is 0.237. The van der Waals surface area contributed by atoms with E-state index >= 15 is 0 Å². The molecule has 1 fully saturated rings. The summed E-state index contributed by atoms with van der Waals surface area (Å²) in [6.07, 6.45) is 8.70. The molecule has 1 unspecified atom stereocenters.